The Bertz CT molecular complexity index is 1020. The highest BCUT2D eigenvalue weighted by Crippen LogP contribution is 2.37. The van der Waals surface area contributed by atoms with Gasteiger partial charge in [-0.15, -0.1) is 0 Å². The lowest BCUT2D eigenvalue weighted by Crippen LogP contribution is -2.31. The molecule has 140 valence electrons. The molecule has 0 amide bonds. The summed E-state index contributed by atoms with van der Waals surface area (Å²) in [7, 11) is 0. The van der Waals surface area contributed by atoms with Crippen LogP contribution in [0.5, 0.6) is 0 Å². The first-order chi connectivity index (χ1) is 13.5. The number of non-ortho nitro benzene ring substituents is 1. The molecule has 0 saturated heterocycles. The number of nitrogens with one attached hydrogen (secondary N) is 1. The Kier molecular flexibility index (Phi) is 4.35. The lowest BCUT2D eigenvalue weighted by atomic mass is 9.84. The molecule has 0 spiro atoms. The van der Waals surface area contributed by atoms with Gasteiger partial charge in [0.15, 0.2) is 0 Å². The Morgan fingerprint density at radius 3 is 2.04 bits per heavy atom. The predicted molar refractivity (Wildman–Crippen MR) is 101 cm³/mol. The van der Waals surface area contributed by atoms with Crippen LogP contribution in [0.2, 0.25) is 0 Å². The largest absolute Gasteiger partial charge is 0.367 e. The van der Waals surface area contributed by atoms with E-state index in [1.54, 1.807) is 36.4 Å². The third kappa shape index (κ3) is 3.11. The van der Waals surface area contributed by atoms with Gasteiger partial charge in [0.1, 0.15) is 23.0 Å². The predicted octanol–water partition coefficient (Wildman–Crippen LogP) is 4.17. The van der Waals surface area contributed by atoms with E-state index in [-0.39, 0.29) is 17.3 Å². The van der Waals surface area contributed by atoms with E-state index in [1.807, 2.05) is 0 Å². The summed E-state index contributed by atoms with van der Waals surface area (Å²) in [5.74, 6) is -0.254. The summed E-state index contributed by atoms with van der Waals surface area (Å²) in [4.78, 5) is 15.4. The summed E-state index contributed by atoms with van der Waals surface area (Å²) >= 11 is 0. The van der Waals surface area contributed by atoms with Gasteiger partial charge in [0.05, 0.1) is 4.92 Å². The zero-order valence-corrected chi connectivity index (χ0v) is 14.6. The van der Waals surface area contributed by atoms with Gasteiger partial charge in [0.2, 0.25) is 0 Å². The molecule has 0 fully saturated rings. The monoisotopic (exact) mass is 379 g/mol. The van der Waals surface area contributed by atoms with Crippen LogP contribution in [0, 0.1) is 21.7 Å². The number of hydrogen-bond acceptors (Lipinski definition) is 4. The van der Waals surface area contributed by atoms with E-state index in [4.69, 9.17) is 4.99 Å². The van der Waals surface area contributed by atoms with Gasteiger partial charge in [-0.1, -0.05) is 36.4 Å². The highest BCUT2D eigenvalue weighted by atomic mass is 19.1. The molecule has 7 heteroatoms. The van der Waals surface area contributed by atoms with Crippen molar-refractivity contribution in [2.45, 2.75) is 5.54 Å². The van der Waals surface area contributed by atoms with Crippen molar-refractivity contribution in [3.63, 3.8) is 0 Å². The topological polar surface area (TPSA) is 67.5 Å². The van der Waals surface area contributed by atoms with Crippen molar-refractivity contribution in [3.8, 4) is 0 Å². The second kappa shape index (κ2) is 6.84. The molecule has 0 aliphatic carbocycles. The van der Waals surface area contributed by atoms with Crippen LogP contribution in [0.3, 0.4) is 0 Å². The van der Waals surface area contributed by atoms with Gasteiger partial charge in [-0.05, 0) is 35.4 Å². The summed E-state index contributed by atoms with van der Waals surface area (Å²) in [6, 6.07) is 18.1. The van der Waals surface area contributed by atoms with Crippen LogP contribution in [0.4, 0.5) is 14.5 Å². The highest BCUT2D eigenvalue weighted by Gasteiger charge is 2.39. The fourth-order valence-electron chi connectivity index (χ4n) is 3.37. The maximum atomic E-state index is 13.5. The SMILES string of the molecule is O=[N+]([O-])c1cccc(C2=NC(c3ccc(F)cc3)(c3ccc(F)cc3)CN2)c1. The number of halogens is 2. The Labute approximate surface area is 159 Å². The number of nitro groups is 1. The minimum Gasteiger partial charge on any atom is -0.367 e. The molecule has 1 aliphatic rings. The number of nitro benzene ring substituents is 1. The van der Waals surface area contributed by atoms with Crippen LogP contribution >= 0.6 is 0 Å². The summed E-state index contributed by atoms with van der Waals surface area (Å²) in [6.45, 7) is 0.349. The molecule has 28 heavy (non-hydrogen) atoms. The Morgan fingerprint density at radius 1 is 0.929 bits per heavy atom. The van der Waals surface area contributed by atoms with Crippen molar-refractivity contribution in [2.24, 2.45) is 4.99 Å². The number of hydrogen-bond donors (Lipinski definition) is 1. The smallest absolute Gasteiger partial charge is 0.270 e. The number of aliphatic imine (C=N–C) groups is 1. The molecule has 1 aliphatic heterocycles. The third-order valence-corrected chi connectivity index (χ3v) is 4.79. The molecule has 1 heterocycles. The number of rotatable bonds is 4. The molecular formula is C21H15F2N3O2. The van der Waals surface area contributed by atoms with Crippen molar-refractivity contribution in [1.29, 1.82) is 0 Å². The second-order valence-corrected chi connectivity index (χ2v) is 6.50. The lowest BCUT2D eigenvalue weighted by molar-refractivity contribution is -0.384. The van der Waals surface area contributed by atoms with Gasteiger partial charge in [0.25, 0.3) is 5.69 Å². The molecule has 0 saturated carbocycles. The maximum Gasteiger partial charge on any atom is 0.270 e. The summed E-state index contributed by atoms with van der Waals surface area (Å²) in [5.41, 5.74) is 1.09. The van der Waals surface area contributed by atoms with Crippen molar-refractivity contribution in [1.82, 2.24) is 5.32 Å². The summed E-state index contributed by atoms with van der Waals surface area (Å²) < 4.78 is 26.9. The first kappa shape index (κ1) is 17.8. The van der Waals surface area contributed by atoms with Crippen LogP contribution in [0.25, 0.3) is 0 Å². The average Bonchev–Trinajstić information content (AvgIpc) is 3.16. The van der Waals surface area contributed by atoms with Gasteiger partial charge in [-0.25, -0.2) is 13.8 Å². The maximum absolute atomic E-state index is 13.5. The first-order valence-electron chi connectivity index (χ1n) is 8.59. The van der Waals surface area contributed by atoms with Crippen LogP contribution in [0.15, 0.2) is 77.8 Å². The van der Waals surface area contributed by atoms with Crippen molar-refractivity contribution < 1.29 is 13.7 Å². The quantitative estimate of drug-likeness (QED) is 0.547. The van der Waals surface area contributed by atoms with Gasteiger partial charge in [0, 0.05) is 24.2 Å². The van der Waals surface area contributed by atoms with E-state index < -0.39 is 10.5 Å². The normalized spacial score (nSPS) is 15.0. The molecule has 3 aromatic rings. The van der Waals surface area contributed by atoms with Crippen molar-refractivity contribution in [3.05, 3.63) is 111 Å². The fourth-order valence-corrected chi connectivity index (χ4v) is 3.37. The van der Waals surface area contributed by atoms with Crippen molar-refractivity contribution in [2.75, 3.05) is 6.54 Å². The Balaban J connectivity index is 1.85. The molecule has 3 aromatic carbocycles. The standard InChI is InChI=1S/C21H15F2N3O2/c22-17-8-4-15(5-9-17)21(16-6-10-18(23)11-7-16)13-24-20(25-21)14-2-1-3-19(12-14)26(27)28/h1-12H,13H2,(H,24,25). The molecule has 0 unspecified atom stereocenters. The van der Waals surface area contributed by atoms with Gasteiger partial charge in [-0.2, -0.15) is 0 Å². The van der Waals surface area contributed by atoms with E-state index >= 15 is 0 Å². The zero-order valence-electron chi connectivity index (χ0n) is 14.6. The van der Waals surface area contributed by atoms with E-state index in [0.717, 1.165) is 11.1 Å². The van der Waals surface area contributed by atoms with E-state index in [0.29, 0.717) is 17.9 Å². The minimum absolute atomic E-state index is 0.0388. The van der Waals surface area contributed by atoms with Crippen LogP contribution in [0.1, 0.15) is 16.7 Å². The van der Waals surface area contributed by atoms with Gasteiger partial charge < -0.3 is 5.32 Å². The number of nitrogens with zero attached hydrogens (tertiary/aromatic N) is 2. The number of benzene rings is 3. The van der Waals surface area contributed by atoms with Crippen LogP contribution in [-0.4, -0.2) is 17.3 Å². The molecule has 0 radical (unpaired) electrons. The first-order valence-corrected chi connectivity index (χ1v) is 8.59. The molecular weight excluding hydrogens is 364 g/mol. The lowest BCUT2D eigenvalue weighted by Gasteiger charge is -2.26. The molecule has 1 N–H and O–H groups in total. The van der Waals surface area contributed by atoms with Gasteiger partial charge >= 0.3 is 0 Å². The Hall–Kier alpha value is -3.61. The van der Waals surface area contributed by atoms with Crippen LogP contribution < -0.4 is 5.32 Å². The van der Waals surface area contributed by atoms with E-state index in [1.165, 1.54) is 36.4 Å². The molecule has 0 bridgehead atoms. The van der Waals surface area contributed by atoms with Gasteiger partial charge in [-0.3, -0.25) is 10.1 Å². The van der Waals surface area contributed by atoms with E-state index in [9.17, 15) is 18.9 Å². The van der Waals surface area contributed by atoms with Crippen LogP contribution in [-0.2, 0) is 5.54 Å². The summed E-state index contributed by atoms with van der Waals surface area (Å²) in [6.07, 6.45) is 0. The minimum atomic E-state index is -0.901. The zero-order chi connectivity index (χ0) is 19.7. The highest BCUT2D eigenvalue weighted by molar-refractivity contribution is 6.01. The third-order valence-electron chi connectivity index (χ3n) is 4.79. The van der Waals surface area contributed by atoms with E-state index in [2.05, 4.69) is 5.32 Å². The fraction of sp³-hybridized carbons (Fsp3) is 0.0952. The molecule has 0 atom stereocenters. The molecule has 0 aromatic heterocycles. The Morgan fingerprint density at radius 2 is 1.50 bits per heavy atom. The van der Waals surface area contributed by atoms with Crippen molar-refractivity contribution >= 4 is 11.5 Å². The molecule has 4 rings (SSSR count). The summed E-state index contributed by atoms with van der Waals surface area (Å²) in [5, 5.41) is 14.3. The molecule has 5 nitrogen and oxygen atoms in total. The average molecular weight is 379 g/mol. The number of amidine groups is 1. The second-order valence-electron chi connectivity index (χ2n) is 6.50.